The highest BCUT2D eigenvalue weighted by molar-refractivity contribution is 7.14. The molecule has 0 radical (unpaired) electrons. The van der Waals surface area contributed by atoms with E-state index in [0.29, 0.717) is 17.1 Å². The van der Waals surface area contributed by atoms with Gasteiger partial charge in [-0.25, -0.2) is 9.97 Å². The summed E-state index contributed by atoms with van der Waals surface area (Å²) in [5.74, 6) is 0.418. The molecule has 0 saturated carbocycles. The molecule has 0 fully saturated rings. The number of hydrogen-bond acceptors (Lipinski definition) is 6. The monoisotopic (exact) mass is 353 g/mol. The zero-order valence-electron chi connectivity index (χ0n) is 12.3. The minimum absolute atomic E-state index is 0.234. The van der Waals surface area contributed by atoms with Gasteiger partial charge in [-0.15, -0.1) is 11.3 Å². The maximum atomic E-state index is 12.4. The molecule has 0 unspecified atom stereocenters. The number of aromatic nitrogens is 2. The number of carbonyl (C=O) groups is 1. The van der Waals surface area contributed by atoms with E-state index < -0.39 is 0 Å². The van der Waals surface area contributed by atoms with Crippen LogP contribution in [-0.2, 0) is 0 Å². The maximum Gasteiger partial charge on any atom is 0.275 e. The second-order valence-electron chi connectivity index (χ2n) is 4.95. The summed E-state index contributed by atoms with van der Waals surface area (Å²) in [4.78, 5) is 20.7. The average Bonchev–Trinajstić information content (AvgIpc) is 3.36. The lowest BCUT2D eigenvalue weighted by molar-refractivity contribution is 0.102. The number of thiophene rings is 1. The minimum Gasteiger partial charge on any atom is -0.444 e. The molecule has 0 aliphatic rings. The van der Waals surface area contributed by atoms with E-state index in [1.165, 1.54) is 17.7 Å². The fourth-order valence-electron chi connectivity index (χ4n) is 2.20. The Hall–Kier alpha value is -2.77. The van der Waals surface area contributed by atoms with Crippen molar-refractivity contribution in [2.45, 2.75) is 0 Å². The molecule has 7 heteroatoms. The first kappa shape index (κ1) is 14.8. The van der Waals surface area contributed by atoms with Gasteiger partial charge in [-0.1, -0.05) is 12.1 Å². The molecular weight excluding hydrogens is 342 g/mol. The number of nitrogens with zero attached hydrogens (tertiary/aromatic N) is 2. The lowest BCUT2D eigenvalue weighted by Crippen LogP contribution is -2.12. The first-order valence-electron chi connectivity index (χ1n) is 7.08. The highest BCUT2D eigenvalue weighted by atomic mass is 32.1. The van der Waals surface area contributed by atoms with Crippen molar-refractivity contribution in [3.63, 3.8) is 0 Å². The summed E-state index contributed by atoms with van der Waals surface area (Å²) >= 11 is 3.07. The number of carbonyl (C=O) groups excluding carboxylic acids is 1. The predicted octanol–water partition coefficient (Wildman–Crippen LogP) is 4.78. The van der Waals surface area contributed by atoms with Gasteiger partial charge in [0.15, 0.2) is 12.2 Å². The van der Waals surface area contributed by atoms with Crippen molar-refractivity contribution >= 4 is 34.3 Å². The molecule has 3 heterocycles. The van der Waals surface area contributed by atoms with Crippen LogP contribution in [0.15, 0.2) is 63.5 Å². The van der Waals surface area contributed by atoms with Crippen molar-refractivity contribution in [3.05, 3.63) is 64.8 Å². The fraction of sp³-hybridized carbons (Fsp3) is 0. The highest BCUT2D eigenvalue weighted by Gasteiger charge is 2.13. The smallest absolute Gasteiger partial charge is 0.275 e. The molecule has 1 aromatic carbocycles. The summed E-state index contributed by atoms with van der Waals surface area (Å²) in [5, 5.41) is 9.48. The zero-order valence-corrected chi connectivity index (χ0v) is 13.9. The number of hydrogen-bond donors (Lipinski definition) is 1. The van der Waals surface area contributed by atoms with Crippen LogP contribution in [0.1, 0.15) is 10.5 Å². The van der Waals surface area contributed by atoms with Gasteiger partial charge in [0.1, 0.15) is 10.7 Å². The third-order valence-corrected chi connectivity index (χ3v) is 4.92. The standard InChI is InChI=1S/C17H11N3O2S2/c21-16(14-9-24-17(20-14)12-4-5-23-8-12)19-13-3-1-2-11(6-13)15-7-18-10-22-15/h1-10H,(H,19,21). The number of rotatable bonds is 4. The number of oxazole rings is 1. The average molecular weight is 353 g/mol. The highest BCUT2D eigenvalue weighted by Crippen LogP contribution is 2.26. The fourth-order valence-corrected chi connectivity index (χ4v) is 3.71. The SMILES string of the molecule is O=C(Nc1cccc(-c2cnco2)c1)c1csc(-c2ccsc2)n1. The third kappa shape index (κ3) is 2.99. The molecule has 0 bridgehead atoms. The number of nitrogens with one attached hydrogen (secondary N) is 1. The van der Waals surface area contributed by atoms with Crippen LogP contribution in [0.5, 0.6) is 0 Å². The van der Waals surface area contributed by atoms with Gasteiger partial charge in [0, 0.05) is 27.6 Å². The Morgan fingerprint density at radius 2 is 2.12 bits per heavy atom. The topological polar surface area (TPSA) is 68.0 Å². The number of amides is 1. The van der Waals surface area contributed by atoms with Crippen LogP contribution >= 0.6 is 22.7 Å². The molecule has 1 amide bonds. The maximum absolute atomic E-state index is 12.4. The summed E-state index contributed by atoms with van der Waals surface area (Å²) < 4.78 is 5.28. The van der Waals surface area contributed by atoms with Crippen LogP contribution in [-0.4, -0.2) is 15.9 Å². The predicted molar refractivity (Wildman–Crippen MR) is 95.3 cm³/mol. The van der Waals surface area contributed by atoms with E-state index in [0.717, 1.165) is 16.1 Å². The van der Waals surface area contributed by atoms with Crippen LogP contribution in [0.25, 0.3) is 21.9 Å². The Balaban J connectivity index is 1.53. The van der Waals surface area contributed by atoms with Gasteiger partial charge in [-0.3, -0.25) is 4.79 Å². The molecule has 118 valence electrons. The Morgan fingerprint density at radius 1 is 1.17 bits per heavy atom. The van der Waals surface area contributed by atoms with Gasteiger partial charge in [-0.2, -0.15) is 11.3 Å². The Kier molecular flexibility index (Phi) is 3.94. The summed E-state index contributed by atoms with van der Waals surface area (Å²) in [6.45, 7) is 0. The van der Waals surface area contributed by atoms with Crippen LogP contribution in [0, 0.1) is 0 Å². The summed E-state index contributed by atoms with van der Waals surface area (Å²) in [7, 11) is 0. The van der Waals surface area contributed by atoms with E-state index in [4.69, 9.17) is 4.42 Å². The van der Waals surface area contributed by atoms with Crippen molar-refractivity contribution in [2.75, 3.05) is 5.32 Å². The second kappa shape index (κ2) is 6.38. The largest absolute Gasteiger partial charge is 0.444 e. The number of benzene rings is 1. The Morgan fingerprint density at radius 3 is 2.92 bits per heavy atom. The second-order valence-corrected chi connectivity index (χ2v) is 6.59. The Labute approximate surface area is 145 Å². The van der Waals surface area contributed by atoms with Crippen molar-refractivity contribution in [1.82, 2.24) is 9.97 Å². The lowest BCUT2D eigenvalue weighted by Gasteiger charge is -2.04. The molecule has 0 aliphatic heterocycles. The molecule has 5 nitrogen and oxygen atoms in total. The van der Waals surface area contributed by atoms with Gasteiger partial charge < -0.3 is 9.73 Å². The summed E-state index contributed by atoms with van der Waals surface area (Å²) in [5.41, 5.74) is 2.98. The molecular formula is C17H11N3O2S2. The van der Waals surface area contributed by atoms with Crippen LogP contribution in [0.4, 0.5) is 5.69 Å². The molecule has 0 saturated heterocycles. The van der Waals surface area contributed by atoms with Crippen LogP contribution in [0.2, 0.25) is 0 Å². The van der Waals surface area contributed by atoms with Crippen LogP contribution in [0.3, 0.4) is 0 Å². The van der Waals surface area contributed by atoms with Crippen LogP contribution < -0.4 is 5.32 Å². The van der Waals surface area contributed by atoms with E-state index in [9.17, 15) is 4.79 Å². The number of anilines is 1. The molecule has 0 atom stereocenters. The van der Waals surface area contributed by atoms with Gasteiger partial charge in [0.05, 0.1) is 6.20 Å². The van der Waals surface area contributed by atoms with Gasteiger partial charge in [0.25, 0.3) is 5.91 Å². The van der Waals surface area contributed by atoms with E-state index in [-0.39, 0.29) is 5.91 Å². The van der Waals surface area contributed by atoms with Crippen molar-refractivity contribution < 1.29 is 9.21 Å². The summed E-state index contributed by atoms with van der Waals surface area (Å²) in [6.07, 6.45) is 3.01. The minimum atomic E-state index is -0.234. The van der Waals surface area contributed by atoms with E-state index >= 15 is 0 Å². The first-order valence-corrected chi connectivity index (χ1v) is 8.90. The van der Waals surface area contributed by atoms with Gasteiger partial charge in [0.2, 0.25) is 0 Å². The van der Waals surface area contributed by atoms with Crippen molar-refractivity contribution in [2.24, 2.45) is 0 Å². The zero-order chi connectivity index (χ0) is 16.4. The molecule has 4 aromatic rings. The lowest BCUT2D eigenvalue weighted by atomic mass is 10.1. The summed E-state index contributed by atoms with van der Waals surface area (Å²) in [6, 6.07) is 9.40. The quantitative estimate of drug-likeness (QED) is 0.573. The molecule has 3 aromatic heterocycles. The third-order valence-electron chi connectivity index (χ3n) is 3.34. The molecule has 1 N–H and O–H groups in total. The van der Waals surface area contributed by atoms with Gasteiger partial charge in [-0.05, 0) is 23.6 Å². The van der Waals surface area contributed by atoms with E-state index in [2.05, 4.69) is 15.3 Å². The Bertz CT molecular complexity index is 960. The molecule has 0 spiro atoms. The van der Waals surface area contributed by atoms with Crippen molar-refractivity contribution in [3.8, 4) is 21.9 Å². The van der Waals surface area contributed by atoms with E-state index in [1.807, 2.05) is 41.1 Å². The molecule has 24 heavy (non-hydrogen) atoms. The molecule has 0 aliphatic carbocycles. The van der Waals surface area contributed by atoms with Crippen molar-refractivity contribution in [1.29, 1.82) is 0 Å². The normalized spacial score (nSPS) is 10.7. The van der Waals surface area contributed by atoms with E-state index in [1.54, 1.807) is 22.9 Å². The van der Waals surface area contributed by atoms with Gasteiger partial charge >= 0.3 is 0 Å². The number of thiazole rings is 1. The first-order chi connectivity index (χ1) is 11.8. The molecule has 4 rings (SSSR count).